The highest BCUT2D eigenvalue weighted by Crippen LogP contribution is 2.19. The molecule has 0 fully saturated rings. The Morgan fingerprint density at radius 3 is 2.35 bits per heavy atom. The number of nitrogens with zero attached hydrogens (tertiary/aromatic N) is 4. The number of aromatic nitrogens is 4. The summed E-state index contributed by atoms with van der Waals surface area (Å²) < 4.78 is 2.14. The van der Waals surface area contributed by atoms with E-state index in [4.69, 9.17) is 11.6 Å². The molecule has 2 heterocycles. The summed E-state index contributed by atoms with van der Waals surface area (Å²) in [6.07, 6.45) is 0.0872. The third kappa shape index (κ3) is 3.97. The van der Waals surface area contributed by atoms with Crippen molar-refractivity contribution in [3.63, 3.8) is 0 Å². The SMILES string of the molecule is Cn1c(=O)c2nc(CC(=Nc3ccc(Cl)cc3)c3ccccc3)c(=O)[nH]c2n(C)c1=O. The fourth-order valence-electron chi connectivity index (χ4n) is 3.22. The van der Waals surface area contributed by atoms with Crippen LogP contribution in [-0.2, 0) is 20.5 Å². The molecule has 156 valence electrons. The summed E-state index contributed by atoms with van der Waals surface area (Å²) in [4.78, 5) is 49.1. The Morgan fingerprint density at radius 1 is 1.00 bits per heavy atom. The molecule has 0 aliphatic carbocycles. The fraction of sp³-hybridized carbons (Fsp3) is 0.136. The summed E-state index contributed by atoms with van der Waals surface area (Å²) in [5.74, 6) is 0. The topological polar surface area (TPSA) is 102 Å². The van der Waals surface area contributed by atoms with E-state index in [1.165, 1.54) is 18.7 Å². The van der Waals surface area contributed by atoms with Gasteiger partial charge in [-0.15, -0.1) is 0 Å². The van der Waals surface area contributed by atoms with Gasteiger partial charge in [-0.05, 0) is 29.8 Å². The van der Waals surface area contributed by atoms with E-state index in [0.717, 1.165) is 10.1 Å². The predicted molar refractivity (Wildman–Crippen MR) is 121 cm³/mol. The molecule has 0 saturated carbocycles. The summed E-state index contributed by atoms with van der Waals surface area (Å²) in [6, 6.07) is 16.4. The van der Waals surface area contributed by atoms with Gasteiger partial charge in [0.25, 0.3) is 11.1 Å². The zero-order valence-electron chi connectivity index (χ0n) is 16.8. The minimum atomic E-state index is -0.577. The van der Waals surface area contributed by atoms with Gasteiger partial charge in [0.1, 0.15) is 11.3 Å². The van der Waals surface area contributed by atoms with E-state index in [2.05, 4.69) is 15.0 Å². The van der Waals surface area contributed by atoms with Crippen LogP contribution in [0.3, 0.4) is 0 Å². The third-order valence-electron chi connectivity index (χ3n) is 4.91. The van der Waals surface area contributed by atoms with Gasteiger partial charge in [0.2, 0.25) is 0 Å². The number of hydrogen-bond acceptors (Lipinski definition) is 5. The number of aromatic amines is 1. The first-order valence-corrected chi connectivity index (χ1v) is 9.80. The Balaban J connectivity index is 1.88. The molecule has 2 aromatic heterocycles. The van der Waals surface area contributed by atoms with E-state index in [0.29, 0.717) is 16.4 Å². The number of aryl methyl sites for hydroxylation is 1. The number of hydrogen-bond donors (Lipinski definition) is 1. The lowest BCUT2D eigenvalue weighted by atomic mass is 10.1. The molecule has 0 amide bonds. The molecule has 9 heteroatoms. The Kier molecular flexibility index (Phi) is 5.39. The van der Waals surface area contributed by atoms with E-state index in [-0.39, 0.29) is 23.3 Å². The average Bonchev–Trinajstić information content (AvgIpc) is 2.78. The molecule has 0 saturated heterocycles. The Bertz CT molecular complexity index is 1480. The number of aliphatic imine (C=N–C) groups is 1. The van der Waals surface area contributed by atoms with Crippen molar-refractivity contribution in [2.75, 3.05) is 0 Å². The van der Waals surface area contributed by atoms with Gasteiger partial charge < -0.3 is 4.98 Å². The van der Waals surface area contributed by atoms with Gasteiger partial charge in [0.05, 0.1) is 11.4 Å². The molecule has 0 unspecified atom stereocenters. The highest BCUT2D eigenvalue weighted by atomic mass is 35.5. The van der Waals surface area contributed by atoms with Crippen LogP contribution < -0.4 is 16.8 Å². The molecule has 0 spiro atoms. The molecule has 0 aliphatic heterocycles. The second kappa shape index (κ2) is 8.16. The number of rotatable bonds is 4. The van der Waals surface area contributed by atoms with Gasteiger partial charge in [-0.2, -0.15) is 0 Å². The lowest BCUT2D eigenvalue weighted by Crippen LogP contribution is -2.39. The minimum absolute atomic E-state index is 0.0121. The van der Waals surface area contributed by atoms with Crippen LogP contribution in [0.5, 0.6) is 0 Å². The lowest BCUT2D eigenvalue weighted by Gasteiger charge is -2.10. The van der Waals surface area contributed by atoms with Crippen LogP contribution in [0.1, 0.15) is 11.3 Å². The molecular weight excluding hydrogens is 418 g/mol. The van der Waals surface area contributed by atoms with Crippen LogP contribution in [0, 0.1) is 0 Å². The van der Waals surface area contributed by atoms with E-state index in [9.17, 15) is 14.4 Å². The van der Waals surface area contributed by atoms with Crippen molar-refractivity contribution in [1.29, 1.82) is 0 Å². The van der Waals surface area contributed by atoms with E-state index < -0.39 is 16.8 Å². The van der Waals surface area contributed by atoms with Crippen molar-refractivity contribution in [2.45, 2.75) is 6.42 Å². The predicted octanol–water partition coefficient (Wildman–Crippen LogP) is 2.34. The number of halogens is 1. The standard InChI is InChI=1S/C22H18ClN5O3/c1-27-19-18(21(30)28(2)22(27)31)25-17(20(29)26-19)12-16(13-6-4-3-5-7-13)24-15-10-8-14(23)9-11-15/h3-11H,12H2,1-2H3,(H,26,29). The third-order valence-corrected chi connectivity index (χ3v) is 5.17. The number of H-pyrrole nitrogens is 1. The van der Waals surface area contributed by atoms with Gasteiger partial charge >= 0.3 is 5.69 Å². The molecule has 8 nitrogen and oxygen atoms in total. The molecule has 4 rings (SSSR count). The van der Waals surface area contributed by atoms with Gasteiger partial charge in [0, 0.05) is 25.5 Å². The minimum Gasteiger partial charge on any atom is -0.305 e. The molecule has 0 radical (unpaired) electrons. The molecule has 0 bridgehead atoms. The maximum absolute atomic E-state index is 12.7. The van der Waals surface area contributed by atoms with Crippen LogP contribution in [0.15, 0.2) is 74.0 Å². The van der Waals surface area contributed by atoms with Crippen LogP contribution in [0.4, 0.5) is 5.69 Å². The van der Waals surface area contributed by atoms with Crippen molar-refractivity contribution in [2.24, 2.45) is 19.1 Å². The first-order chi connectivity index (χ1) is 14.8. The van der Waals surface area contributed by atoms with Crippen molar-refractivity contribution in [1.82, 2.24) is 19.1 Å². The number of nitrogens with one attached hydrogen (secondary N) is 1. The zero-order valence-corrected chi connectivity index (χ0v) is 17.6. The second-order valence-corrected chi connectivity index (χ2v) is 7.43. The average molecular weight is 436 g/mol. The summed E-state index contributed by atoms with van der Waals surface area (Å²) in [6.45, 7) is 0. The number of fused-ring (bicyclic) bond motifs is 1. The smallest absolute Gasteiger partial charge is 0.305 e. The van der Waals surface area contributed by atoms with Gasteiger partial charge in [-0.25, -0.2) is 9.78 Å². The van der Waals surface area contributed by atoms with Gasteiger partial charge in [0.15, 0.2) is 5.52 Å². The Labute approximate surface area is 181 Å². The first-order valence-electron chi connectivity index (χ1n) is 9.42. The van der Waals surface area contributed by atoms with Crippen molar-refractivity contribution < 1.29 is 0 Å². The van der Waals surface area contributed by atoms with Crippen LogP contribution in [0.2, 0.25) is 5.02 Å². The Morgan fingerprint density at radius 2 is 1.68 bits per heavy atom. The highest BCUT2D eigenvalue weighted by molar-refractivity contribution is 6.30. The molecule has 0 aliphatic rings. The summed E-state index contributed by atoms with van der Waals surface area (Å²) >= 11 is 5.96. The highest BCUT2D eigenvalue weighted by Gasteiger charge is 2.16. The van der Waals surface area contributed by atoms with Crippen LogP contribution >= 0.6 is 11.6 Å². The molecular formula is C22H18ClN5O3. The van der Waals surface area contributed by atoms with E-state index in [1.807, 2.05) is 30.3 Å². The quantitative estimate of drug-likeness (QED) is 0.497. The molecule has 4 aromatic rings. The second-order valence-electron chi connectivity index (χ2n) is 6.99. The van der Waals surface area contributed by atoms with E-state index >= 15 is 0 Å². The van der Waals surface area contributed by atoms with Gasteiger partial charge in [-0.3, -0.25) is 23.7 Å². The summed E-state index contributed by atoms with van der Waals surface area (Å²) in [7, 11) is 2.84. The molecule has 1 N–H and O–H groups in total. The zero-order chi connectivity index (χ0) is 22.1. The van der Waals surface area contributed by atoms with Crippen molar-refractivity contribution in [3.8, 4) is 0 Å². The maximum Gasteiger partial charge on any atom is 0.332 e. The van der Waals surface area contributed by atoms with Gasteiger partial charge in [-0.1, -0.05) is 41.9 Å². The molecule has 31 heavy (non-hydrogen) atoms. The largest absolute Gasteiger partial charge is 0.332 e. The normalized spacial score (nSPS) is 11.8. The molecule has 2 aromatic carbocycles. The van der Waals surface area contributed by atoms with Crippen LogP contribution in [0.25, 0.3) is 11.2 Å². The monoisotopic (exact) mass is 435 g/mol. The van der Waals surface area contributed by atoms with Crippen molar-refractivity contribution in [3.05, 3.63) is 102 Å². The summed E-state index contributed by atoms with van der Waals surface area (Å²) in [5, 5.41) is 0.592. The number of benzene rings is 2. The molecule has 0 atom stereocenters. The van der Waals surface area contributed by atoms with E-state index in [1.54, 1.807) is 24.3 Å². The Hall–Kier alpha value is -3.78. The fourth-order valence-corrected chi connectivity index (χ4v) is 3.35. The van der Waals surface area contributed by atoms with Crippen LogP contribution in [-0.4, -0.2) is 24.8 Å². The summed E-state index contributed by atoms with van der Waals surface area (Å²) in [5.41, 5.74) is 0.683. The maximum atomic E-state index is 12.7. The van der Waals surface area contributed by atoms with Crippen molar-refractivity contribution >= 4 is 34.2 Å². The lowest BCUT2D eigenvalue weighted by molar-refractivity contribution is 0.702. The first kappa shape index (κ1) is 20.5.